The molecule has 0 radical (unpaired) electrons. The first kappa shape index (κ1) is 14.9. The maximum Gasteiger partial charge on any atom is 0.244 e. The Bertz CT molecular complexity index is 714. The van der Waals surface area contributed by atoms with Gasteiger partial charge in [-0.15, -0.1) is 0 Å². The number of nitrogen functional groups attached to an aromatic ring is 1. The number of nitrogens with zero attached hydrogens (tertiary/aromatic N) is 3. The number of rotatable bonds is 5. The monoisotopic (exact) mass is 360 g/mol. The second-order valence-electron chi connectivity index (χ2n) is 3.92. The fourth-order valence-electron chi connectivity index (χ4n) is 1.56. The molecule has 8 nitrogen and oxygen atoms in total. The Morgan fingerprint density at radius 1 is 1.50 bits per heavy atom. The largest absolute Gasteiger partial charge is 0.307 e. The first-order chi connectivity index (χ1) is 9.44. The molecule has 0 saturated carbocycles. The Morgan fingerprint density at radius 3 is 2.85 bits per heavy atom. The van der Waals surface area contributed by atoms with Crippen LogP contribution in [0.15, 0.2) is 33.9 Å². The fraction of sp³-hybridized carbons (Fsp3) is 0.200. The Hall–Kier alpha value is -1.49. The Kier molecular flexibility index (Phi) is 4.38. The number of pyridine rings is 1. The lowest BCUT2D eigenvalue weighted by Crippen LogP contribution is -2.26. The minimum Gasteiger partial charge on any atom is -0.307 e. The SMILES string of the molecule is Cn1nccc1CNS(=O)(=O)c1cc(Br)cnc1NN. The number of aromatic nitrogens is 3. The van der Waals surface area contributed by atoms with Crippen molar-refractivity contribution < 1.29 is 8.42 Å². The highest BCUT2D eigenvalue weighted by Crippen LogP contribution is 2.22. The molecule has 0 aliphatic carbocycles. The van der Waals surface area contributed by atoms with Crippen molar-refractivity contribution in [2.24, 2.45) is 12.9 Å². The molecular weight excluding hydrogens is 348 g/mol. The molecule has 20 heavy (non-hydrogen) atoms. The molecular formula is C10H13BrN6O2S. The van der Waals surface area contributed by atoms with E-state index >= 15 is 0 Å². The second-order valence-corrected chi connectivity index (χ2v) is 6.57. The maximum absolute atomic E-state index is 12.3. The molecule has 0 spiro atoms. The summed E-state index contributed by atoms with van der Waals surface area (Å²) in [5.74, 6) is 5.35. The molecule has 0 amide bonds. The minimum atomic E-state index is -3.74. The molecule has 0 unspecified atom stereocenters. The van der Waals surface area contributed by atoms with Crippen LogP contribution in [0.4, 0.5) is 5.82 Å². The summed E-state index contributed by atoms with van der Waals surface area (Å²) in [6.07, 6.45) is 3.05. The number of nitrogens with two attached hydrogens (primary N) is 1. The molecule has 0 aliphatic heterocycles. The van der Waals surface area contributed by atoms with E-state index in [9.17, 15) is 8.42 Å². The quantitative estimate of drug-likeness (QED) is 0.523. The third kappa shape index (κ3) is 3.15. The van der Waals surface area contributed by atoms with Crippen molar-refractivity contribution in [3.05, 3.63) is 34.7 Å². The van der Waals surface area contributed by atoms with Crippen molar-refractivity contribution in [3.8, 4) is 0 Å². The normalized spacial score (nSPS) is 11.6. The molecule has 108 valence electrons. The summed E-state index contributed by atoms with van der Waals surface area (Å²) in [5.41, 5.74) is 3.00. The number of sulfonamides is 1. The number of hydrogen-bond acceptors (Lipinski definition) is 6. The maximum atomic E-state index is 12.3. The minimum absolute atomic E-state index is 0.0310. The first-order valence-corrected chi connectivity index (χ1v) is 7.80. The summed E-state index contributed by atoms with van der Waals surface area (Å²) in [7, 11) is -2.01. The van der Waals surface area contributed by atoms with Crippen LogP contribution in [-0.2, 0) is 23.6 Å². The van der Waals surface area contributed by atoms with Gasteiger partial charge in [-0.25, -0.2) is 24.0 Å². The molecule has 2 aromatic rings. The van der Waals surface area contributed by atoms with Crippen LogP contribution in [0.3, 0.4) is 0 Å². The molecule has 0 atom stereocenters. The van der Waals surface area contributed by atoms with Crippen LogP contribution in [0, 0.1) is 0 Å². The van der Waals surface area contributed by atoms with E-state index in [1.807, 2.05) is 0 Å². The lowest BCUT2D eigenvalue weighted by atomic mass is 10.4. The lowest BCUT2D eigenvalue weighted by Gasteiger charge is -2.10. The van der Waals surface area contributed by atoms with Gasteiger partial charge in [0.15, 0.2) is 5.82 Å². The standard InChI is InChI=1S/C10H13BrN6O2S/c1-17-8(2-3-14-17)6-15-20(18,19)9-4-7(11)5-13-10(9)16-12/h2-5,15H,6,12H2,1H3,(H,13,16). The van der Waals surface area contributed by atoms with Crippen LogP contribution in [0.1, 0.15) is 5.69 Å². The number of aryl methyl sites for hydroxylation is 1. The highest BCUT2D eigenvalue weighted by Gasteiger charge is 2.20. The first-order valence-electron chi connectivity index (χ1n) is 5.53. The van der Waals surface area contributed by atoms with E-state index in [0.717, 1.165) is 5.69 Å². The summed E-state index contributed by atoms with van der Waals surface area (Å²) >= 11 is 3.18. The third-order valence-corrected chi connectivity index (χ3v) is 4.46. The summed E-state index contributed by atoms with van der Waals surface area (Å²) in [5, 5.41) is 3.97. The van der Waals surface area contributed by atoms with Gasteiger partial charge in [0, 0.05) is 23.9 Å². The topological polar surface area (TPSA) is 115 Å². The highest BCUT2D eigenvalue weighted by molar-refractivity contribution is 9.10. The van der Waals surface area contributed by atoms with Crippen molar-refractivity contribution in [3.63, 3.8) is 0 Å². The Balaban J connectivity index is 2.26. The fourth-order valence-corrected chi connectivity index (χ4v) is 3.18. The molecule has 2 rings (SSSR count). The molecule has 0 aromatic carbocycles. The zero-order valence-electron chi connectivity index (χ0n) is 10.5. The average Bonchev–Trinajstić information content (AvgIpc) is 2.82. The van der Waals surface area contributed by atoms with Crippen LogP contribution in [0.5, 0.6) is 0 Å². The Labute approximate surface area is 124 Å². The van der Waals surface area contributed by atoms with E-state index in [0.29, 0.717) is 4.47 Å². The van der Waals surface area contributed by atoms with Crippen LogP contribution in [0.2, 0.25) is 0 Å². The summed E-state index contributed by atoms with van der Waals surface area (Å²) in [6, 6.07) is 3.15. The van der Waals surface area contributed by atoms with E-state index in [2.05, 4.69) is 36.2 Å². The van der Waals surface area contributed by atoms with E-state index < -0.39 is 10.0 Å². The highest BCUT2D eigenvalue weighted by atomic mass is 79.9. The van der Waals surface area contributed by atoms with E-state index in [1.54, 1.807) is 24.0 Å². The number of anilines is 1. The van der Waals surface area contributed by atoms with Crippen LogP contribution in [-0.4, -0.2) is 23.2 Å². The van der Waals surface area contributed by atoms with Crippen molar-refractivity contribution in [1.82, 2.24) is 19.5 Å². The summed E-state index contributed by atoms with van der Waals surface area (Å²) in [6.45, 7) is 0.120. The Morgan fingerprint density at radius 2 is 2.25 bits per heavy atom. The number of hydrazine groups is 1. The van der Waals surface area contributed by atoms with Crippen molar-refractivity contribution in [1.29, 1.82) is 0 Å². The molecule has 0 saturated heterocycles. The van der Waals surface area contributed by atoms with Gasteiger partial charge in [0.05, 0.1) is 12.2 Å². The van der Waals surface area contributed by atoms with Gasteiger partial charge in [-0.05, 0) is 28.1 Å². The van der Waals surface area contributed by atoms with Crippen molar-refractivity contribution >= 4 is 31.8 Å². The molecule has 0 fully saturated rings. The van der Waals surface area contributed by atoms with Crippen LogP contribution in [0.25, 0.3) is 0 Å². The summed E-state index contributed by atoms with van der Waals surface area (Å²) in [4.78, 5) is 3.87. The van der Waals surface area contributed by atoms with Gasteiger partial charge in [0.2, 0.25) is 10.0 Å². The molecule has 4 N–H and O–H groups in total. The number of halogens is 1. The van der Waals surface area contributed by atoms with Gasteiger partial charge in [-0.1, -0.05) is 0 Å². The predicted octanol–water partition coefficient (Wildman–Crippen LogP) is 0.342. The molecule has 2 heterocycles. The van der Waals surface area contributed by atoms with Gasteiger partial charge in [0.1, 0.15) is 4.90 Å². The van der Waals surface area contributed by atoms with Crippen molar-refractivity contribution in [2.45, 2.75) is 11.4 Å². The third-order valence-electron chi connectivity index (χ3n) is 2.61. The zero-order chi connectivity index (χ0) is 14.8. The van der Waals surface area contributed by atoms with Gasteiger partial charge in [-0.2, -0.15) is 5.10 Å². The molecule has 0 aliphatic rings. The van der Waals surface area contributed by atoms with Gasteiger partial charge in [-0.3, -0.25) is 4.68 Å². The van der Waals surface area contributed by atoms with Gasteiger partial charge >= 0.3 is 0 Å². The van der Waals surface area contributed by atoms with Crippen LogP contribution >= 0.6 is 15.9 Å². The number of nitrogens with one attached hydrogen (secondary N) is 2. The van der Waals surface area contributed by atoms with Crippen LogP contribution < -0.4 is 16.0 Å². The number of hydrogen-bond donors (Lipinski definition) is 3. The van der Waals surface area contributed by atoms with E-state index in [4.69, 9.17) is 5.84 Å². The molecule has 2 aromatic heterocycles. The smallest absolute Gasteiger partial charge is 0.244 e. The predicted molar refractivity (Wildman–Crippen MR) is 77.0 cm³/mol. The molecule has 0 bridgehead atoms. The van der Waals surface area contributed by atoms with Gasteiger partial charge in [0.25, 0.3) is 0 Å². The lowest BCUT2D eigenvalue weighted by molar-refractivity contribution is 0.577. The second kappa shape index (κ2) is 5.87. The summed E-state index contributed by atoms with van der Waals surface area (Å²) < 4.78 is 29.1. The van der Waals surface area contributed by atoms with Crippen molar-refractivity contribution in [2.75, 3.05) is 5.43 Å². The van der Waals surface area contributed by atoms with Gasteiger partial charge < -0.3 is 5.43 Å². The average molecular weight is 361 g/mol. The van der Waals surface area contributed by atoms with E-state index in [-0.39, 0.29) is 17.3 Å². The molecule has 10 heteroatoms. The zero-order valence-corrected chi connectivity index (χ0v) is 12.9. The van der Waals surface area contributed by atoms with E-state index in [1.165, 1.54) is 12.3 Å².